The molecular formula is C16H30IN5O2. The number of ether oxygens (including phenoxy) is 1. The summed E-state index contributed by atoms with van der Waals surface area (Å²) in [5.41, 5.74) is -0.484. The quantitative estimate of drug-likeness (QED) is 0.257. The molecule has 0 saturated heterocycles. The van der Waals surface area contributed by atoms with Crippen molar-refractivity contribution >= 4 is 36.0 Å². The number of nitrogens with zero attached hydrogens (tertiary/aromatic N) is 2. The van der Waals surface area contributed by atoms with E-state index in [4.69, 9.17) is 4.74 Å². The molecule has 7 nitrogen and oxygen atoms in total. The number of aliphatic imine (C=N–C) groups is 1. The predicted octanol–water partition coefficient (Wildman–Crippen LogP) is 2.19. The summed E-state index contributed by atoms with van der Waals surface area (Å²) in [7, 11) is 0. The van der Waals surface area contributed by atoms with Crippen LogP contribution < -0.4 is 16.0 Å². The van der Waals surface area contributed by atoms with Crippen molar-refractivity contribution in [1.82, 2.24) is 20.5 Å². The van der Waals surface area contributed by atoms with E-state index in [1.807, 2.05) is 52.2 Å². The minimum atomic E-state index is -0.484. The van der Waals surface area contributed by atoms with E-state index in [1.165, 1.54) is 0 Å². The van der Waals surface area contributed by atoms with E-state index in [-0.39, 0.29) is 24.0 Å². The summed E-state index contributed by atoms with van der Waals surface area (Å²) in [6.07, 6.45) is 3.63. The van der Waals surface area contributed by atoms with E-state index >= 15 is 0 Å². The monoisotopic (exact) mass is 451 g/mol. The van der Waals surface area contributed by atoms with Crippen molar-refractivity contribution in [2.24, 2.45) is 4.99 Å². The van der Waals surface area contributed by atoms with Gasteiger partial charge in [0.1, 0.15) is 5.60 Å². The van der Waals surface area contributed by atoms with Gasteiger partial charge >= 0.3 is 6.09 Å². The molecule has 0 unspecified atom stereocenters. The summed E-state index contributed by atoms with van der Waals surface area (Å²) in [5.74, 6) is 0.741. The van der Waals surface area contributed by atoms with Gasteiger partial charge in [-0.2, -0.15) is 0 Å². The van der Waals surface area contributed by atoms with Crippen LogP contribution in [0.4, 0.5) is 4.79 Å². The molecule has 1 aromatic rings. The Bertz CT molecular complexity index is 483. The molecule has 0 aromatic carbocycles. The fourth-order valence-electron chi connectivity index (χ4n) is 1.80. The molecule has 0 fully saturated rings. The largest absolute Gasteiger partial charge is 0.444 e. The zero-order valence-corrected chi connectivity index (χ0v) is 17.3. The van der Waals surface area contributed by atoms with Crippen LogP contribution in [0, 0.1) is 0 Å². The summed E-state index contributed by atoms with van der Waals surface area (Å²) in [5, 5.41) is 9.12. The smallest absolute Gasteiger partial charge is 0.407 e. The molecule has 0 aliphatic heterocycles. The number of aromatic nitrogens is 1. The van der Waals surface area contributed by atoms with Crippen LogP contribution in [-0.4, -0.2) is 48.4 Å². The minimum absolute atomic E-state index is 0. The second kappa shape index (κ2) is 12.0. The highest BCUT2D eigenvalue weighted by Gasteiger charge is 2.15. The first-order valence-electron chi connectivity index (χ1n) is 8.00. The standard InChI is InChI=1S/C16H29N5O2.HI/c1-5-17-14(19-10-13-21-11-6-7-12-21)18-8-9-20-15(22)23-16(2,3)4;/h6-7,11-12H,5,8-10,13H2,1-4H3,(H,20,22)(H2,17,18,19);1H. The average molecular weight is 451 g/mol. The molecule has 8 heteroatoms. The van der Waals surface area contributed by atoms with E-state index in [0.717, 1.165) is 25.6 Å². The lowest BCUT2D eigenvalue weighted by Crippen LogP contribution is -2.39. The molecule has 0 spiro atoms. The zero-order valence-electron chi connectivity index (χ0n) is 15.0. The first kappa shape index (κ1) is 22.6. The van der Waals surface area contributed by atoms with E-state index in [9.17, 15) is 4.79 Å². The first-order valence-corrected chi connectivity index (χ1v) is 8.00. The lowest BCUT2D eigenvalue weighted by atomic mass is 10.2. The molecule has 24 heavy (non-hydrogen) atoms. The van der Waals surface area contributed by atoms with Crippen molar-refractivity contribution in [3.63, 3.8) is 0 Å². The van der Waals surface area contributed by atoms with Gasteiger partial charge in [0.2, 0.25) is 0 Å². The number of halogens is 1. The van der Waals surface area contributed by atoms with Crippen LogP contribution in [0.3, 0.4) is 0 Å². The van der Waals surface area contributed by atoms with Crippen molar-refractivity contribution in [2.75, 3.05) is 26.2 Å². The minimum Gasteiger partial charge on any atom is -0.444 e. The number of guanidine groups is 1. The van der Waals surface area contributed by atoms with Gasteiger partial charge in [-0.3, -0.25) is 4.99 Å². The normalized spacial score (nSPS) is 11.4. The summed E-state index contributed by atoms with van der Waals surface area (Å²) >= 11 is 0. The number of carbonyl (C=O) groups excluding carboxylic acids is 1. The van der Waals surface area contributed by atoms with Crippen molar-refractivity contribution < 1.29 is 9.53 Å². The maximum Gasteiger partial charge on any atom is 0.407 e. The maximum absolute atomic E-state index is 11.5. The Morgan fingerprint density at radius 3 is 2.38 bits per heavy atom. The van der Waals surface area contributed by atoms with Crippen molar-refractivity contribution in [3.05, 3.63) is 24.5 Å². The molecular weight excluding hydrogens is 421 g/mol. The van der Waals surface area contributed by atoms with Crippen LogP contribution >= 0.6 is 24.0 Å². The SMILES string of the molecule is CCNC(=NCCNC(=O)OC(C)(C)C)NCCn1cccc1.I. The van der Waals surface area contributed by atoms with Crippen LogP contribution in [0.2, 0.25) is 0 Å². The molecule has 3 N–H and O–H groups in total. The second-order valence-corrected chi connectivity index (χ2v) is 6.04. The van der Waals surface area contributed by atoms with Crippen molar-refractivity contribution in [1.29, 1.82) is 0 Å². The lowest BCUT2D eigenvalue weighted by Gasteiger charge is -2.19. The molecule has 1 rings (SSSR count). The van der Waals surface area contributed by atoms with Crippen LogP contribution in [0.1, 0.15) is 27.7 Å². The Kier molecular flexibility index (Phi) is 11.3. The molecule has 0 aliphatic rings. The molecule has 138 valence electrons. The number of rotatable bonds is 7. The lowest BCUT2D eigenvalue weighted by molar-refractivity contribution is 0.0529. The Balaban J connectivity index is 0.00000529. The fourth-order valence-corrected chi connectivity index (χ4v) is 1.80. The molecule has 0 aliphatic carbocycles. The van der Waals surface area contributed by atoms with E-state index in [1.54, 1.807) is 0 Å². The predicted molar refractivity (Wildman–Crippen MR) is 108 cm³/mol. The maximum atomic E-state index is 11.5. The highest BCUT2D eigenvalue weighted by Crippen LogP contribution is 2.05. The van der Waals surface area contributed by atoms with Gasteiger partial charge in [0.05, 0.1) is 6.54 Å². The Labute approximate surface area is 161 Å². The van der Waals surface area contributed by atoms with Gasteiger partial charge in [0, 0.05) is 38.6 Å². The van der Waals surface area contributed by atoms with Gasteiger partial charge in [-0.05, 0) is 39.8 Å². The topological polar surface area (TPSA) is 79.7 Å². The zero-order chi connectivity index (χ0) is 17.1. The summed E-state index contributed by atoms with van der Waals surface area (Å²) in [6, 6.07) is 4.00. The molecule has 0 atom stereocenters. The van der Waals surface area contributed by atoms with Gasteiger partial charge in [-0.1, -0.05) is 0 Å². The summed E-state index contributed by atoms with van der Waals surface area (Å²) in [6.45, 7) is 10.9. The van der Waals surface area contributed by atoms with Crippen LogP contribution in [-0.2, 0) is 11.3 Å². The number of hydrogen-bond acceptors (Lipinski definition) is 3. The van der Waals surface area contributed by atoms with Gasteiger partial charge in [-0.15, -0.1) is 24.0 Å². The molecule has 0 radical (unpaired) electrons. The Hall–Kier alpha value is -1.45. The van der Waals surface area contributed by atoms with Gasteiger partial charge in [-0.25, -0.2) is 4.79 Å². The van der Waals surface area contributed by atoms with E-state index in [2.05, 4.69) is 25.5 Å². The van der Waals surface area contributed by atoms with Crippen LogP contribution in [0.25, 0.3) is 0 Å². The van der Waals surface area contributed by atoms with Crippen LogP contribution in [0.15, 0.2) is 29.5 Å². The summed E-state index contributed by atoms with van der Waals surface area (Å²) in [4.78, 5) is 15.9. The highest BCUT2D eigenvalue weighted by atomic mass is 127. The number of nitrogens with one attached hydrogen (secondary N) is 3. The second-order valence-electron chi connectivity index (χ2n) is 6.04. The van der Waals surface area contributed by atoms with Crippen molar-refractivity contribution in [2.45, 2.75) is 39.8 Å². The first-order chi connectivity index (χ1) is 10.9. The number of amides is 1. The van der Waals surface area contributed by atoms with E-state index in [0.29, 0.717) is 13.1 Å². The molecule has 1 amide bonds. The van der Waals surface area contributed by atoms with E-state index < -0.39 is 11.7 Å². The third kappa shape index (κ3) is 11.1. The molecule has 0 saturated carbocycles. The van der Waals surface area contributed by atoms with Gasteiger partial charge < -0.3 is 25.3 Å². The number of alkyl carbamates (subject to hydrolysis) is 1. The number of hydrogen-bond donors (Lipinski definition) is 3. The third-order valence-corrected chi connectivity index (χ3v) is 2.72. The third-order valence-electron chi connectivity index (χ3n) is 2.72. The molecule has 1 aromatic heterocycles. The Morgan fingerprint density at radius 2 is 1.79 bits per heavy atom. The van der Waals surface area contributed by atoms with Crippen LogP contribution in [0.5, 0.6) is 0 Å². The van der Waals surface area contributed by atoms with Gasteiger partial charge in [0.15, 0.2) is 5.96 Å². The van der Waals surface area contributed by atoms with Crippen molar-refractivity contribution in [3.8, 4) is 0 Å². The summed E-state index contributed by atoms with van der Waals surface area (Å²) < 4.78 is 7.26. The fraction of sp³-hybridized carbons (Fsp3) is 0.625. The average Bonchev–Trinajstić information content (AvgIpc) is 2.94. The molecule has 1 heterocycles. The Morgan fingerprint density at radius 1 is 1.12 bits per heavy atom. The highest BCUT2D eigenvalue weighted by molar-refractivity contribution is 14.0. The molecule has 0 bridgehead atoms. The number of carbonyl (C=O) groups is 1. The van der Waals surface area contributed by atoms with Gasteiger partial charge in [0.25, 0.3) is 0 Å².